The van der Waals surface area contributed by atoms with Gasteiger partial charge in [0.25, 0.3) is 0 Å². The van der Waals surface area contributed by atoms with Gasteiger partial charge in [-0.2, -0.15) is 0 Å². The van der Waals surface area contributed by atoms with Crippen LogP contribution in [-0.2, 0) is 4.74 Å². The maximum Gasteiger partial charge on any atom is 0.0546 e. The predicted octanol–water partition coefficient (Wildman–Crippen LogP) is 2.60. The molecule has 0 radical (unpaired) electrons. The molecule has 2 heteroatoms. The molecule has 0 bridgehead atoms. The van der Waals surface area contributed by atoms with Crippen molar-refractivity contribution in [2.45, 2.75) is 52.1 Å². The van der Waals surface area contributed by atoms with Gasteiger partial charge < -0.3 is 9.84 Å². The van der Waals surface area contributed by atoms with Gasteiger partial charge in [0, 0.05) is 13.2 Å². The molecule has 0 aromatic rings. The lowest BCUT2D eigenvalue weighted by Gasteiger charge is -2.19. The van der Waals surface area contributed by atoms with E-state index in [0.29, 0.717) is 11.8 Å². The summed E-state index contributed by atoms with van der Waals surface area (Å²) in [5.41, 5.74) is 0. The van der Waals surface area contributed by atoms with Crippen LogP contribution in [0.1, 0.15) is 46.0 Å². The van der Waals surface area contributed by atoms with E-state index < -0.39 is 0 Å². The summed E-state index contributed by atoms with van der Waals surface area (Å²) in [5, 5.41) is 9.89. The van der Waals surface area contributed by atoms with Gasteiger partial charge in [-0.3, -0.25) is 0 Å². The Kier molecular flexibility index (Phi) is 5.49. The highest BCUT2D eigenvalue weighted by Gasteiger charge is 2.20. The molecule has 1 heterocycles. The summed E-state index contributed by atoms with van der Waals surface area (Å²) in [7, 11) is 0. The minimum atomic E-state index is -0.105. The van der Waals surface area contributed by atoms with Crippen molar-refractivity contribution in [3.05, 3.63) is 0 Å². The molecule has 2 unspecified atom stereocenters. The Balaban J connectivity index is 2.16. The van der Waals surface area contributed by atoms with Crippen LogP contribution in [0.2, 0.25) is 0 Å². The molecule has 2 nitrogen and oxygen atoms in total. The first-order chi connectivity index (χ1) is 6.76. The first kappa shape index (κ1) is 12.0. The van der Waals surface area contributed by atoms with Gasteiger partial charge >= 0.3 is 0 Å². The summed E-state index contributed by atoms with van der Waals surface area (Å²) < 4.78 is 5.30. The molecule has 1 aliphatic rings. The molecule has 0 spiro atoms. The predicted molar refractivity (Wildman–Crippen MR) is 58.2 cm³/mol. The van der Waals surface area contributed by atoms with E-state index in [0.717, 1.165) is 32.5 Å². The molecule has 0 aromatic heterocycles. The smallest absolute Gasteiger partial charge is 0.0546 e. The average molecular weight is 200 g/mol. The van der Waals surface area contributed by atoms with Gasteiger partial charge in [-0.05, 0) is 31.1 Å². The quantitative estimate of drug-likeness (QED) is 0.714. The van der Waals surface area contributed by atoms with Crippen LogP contribution in [0.3, 0.4) is 0 Å². The fourth-order valence-electron chi connectivity index (χ4n) is 2.26. The van der Waals surface area contributed by atoms with Crippen LogP contribution in [0.5, 0.6) is 0 Å². The second-order valence-corrected chi connectivity index (χ2v) is 4.54. The number of hydrogen-bond acceptors (Lipinski definition) is 2. The van der Waals surface area contributed by atoms with E-state index >= 15 is 0 Å². The van der Waals surface area contributed by atoms with Crippen LogP contribution in [-0.4, -0.2) is 24.4 Å². The molecule has 1 saturated heterocycles. The molecular weight excluding hydrogens is 176 g/mol. The molecule has 84 valence electrons. The number of aliphatic hydroxyl groups excluding tert-OH is 1. The highest BCUT2D eigenvalue weighted by molar-refractivity contribution is 4.71. The zero-order valence-electron chi connectivity index (χ0n) is 9.54. The Morgan fingerprint density at radius 2 is 2.07 bits per heavy atom. The molecule has 1 rings (SSSR count). The highest BCUT2D eigenvalue weighted by atomic mass is 16.5. The molecule has 0 saturated carbocycles. The topological polar surface area (TPSA) is 29.5 Å². The molecule has 14 heavy (non-hydrogen) atoms. The third-order valence-electron chi connectivity index (χ3n) is 3.39. The van der Waals surface area contributed by atoms with Crippen LogP contribution < -0.4 is 0 Å². The molecule has 1 N–H and O–H groups in total. The van der Waals surface area contributed by atoms with E-state index in [1.807, 2.05) is 0 Å². The van der Waals surface area contributed by atoms with Crippen LogP contribution in [0, 0.1) is 11.8 Å². The van der Waals surface area contributed by atoms with Gasteiger partial charge in [-0.15, -0.1) is 0 Å². The maximum atomic E-state index is 9.89. The van der Waals surface area contributed by atoms with E-state index in [9.17, 15) is 5.11 Å². The molecule has 0 amide bonds. The van der Waals surface area contributed by atoms with E-state index in [1.165, 1.54) is 12.8 Å². The van der Waals surface area contributed by atoms with Crippen molar-refractivity contribution in [2.24, 2.45) is 11.8 Å². The molecule has 1 fully saturated rings. The van der Waals surface area contributed by atoms with Gasteiger partial charge in [0.2, 0.25) is 0 Å². The van der Waals surface area contributed by atoms with Gasteiger partial charge in [-0.1, -0.05) is 26.7 Å². The van der Waals surface area contributed by atoms with E-state index in [1.54, 1.807) is 0 Å². The van der Waals surface area contributed by atoms with Crippen molar-refractivity contribution in [2.75, 3.05) is 13.2 Å². The van der Waals surface area contributed by atoms with Crippen molar-refractivity contribution < 1.29 is 9.84 Å². The number of aliphatic hydroxyl groups is 1. The van der Waals surface area contributed by atoms with Crippen molar-refractivity contribution in [3.63, 3.8) is 0 Å². The molecule has 0 aromatic carbocycles. The van der Waals surface area contributed by atoms with E-state index in [-0.39, 0.29) is 6.10 Å². The van der Waals surface area contributed by atoms with Gasteiger partial charge in [0.15, 0.2) is 0 Å². The Hall–Kier alpha value is -0.0800. The number of rotatable bonds is 6. The van der Waals surface area contributed by atoms with Crippen molar-refractivity contribution in [1.82, 2.24) is 0 Å². The minimum Gasteiger partial charge on any atom is -0.393 e. The van der Waals surface area contributed by atoms with Crippen LogP contribution in [0.4, 0.5) is 0 Å². The molecule has 2 atom stereocenters. The van der Waals surface area contributed by atoms with E-state index in [2.05, 4.69) is 13.8 Å². The summed E-state index contributed by atoms with van der Waals surface area (Å²) in [6.45, 7) is 6.17. The zero-order chi connectivity index (χ0) is 10.4. The SMILES string of the molecule is CCC(CC)CC(O)CC1CCOC1. The summed E-state index contributed by atoms with van der Waals surface area (Å²) >= 11 is 0. The number of ether oxygens (including phenoxy) is 1. The van der Waals surface area contributed by atoms with Gasteiger partial charge in [-0.25, -0.2) is 0 Å². The highest BCUT2D eigenvalue weighted by Crippen LogP contribution is 2.23. The molecule has 1 aliphatic heterocycles. The van der Waals surface area contributed by atoms with Crippen molar-refractivity contribution >= 4 is 0 Å². The number of hydrogen-bond donors (Lipinski definition) is 1. The van der Waals surface area contributed by atoms with Crippen LogP contribution >= 0.6 is 0 Å². The Bertz CT molecular complexity index is 133. The zero-order valence-corrected chi connectivity index (χ0v) is 9.54. The van der Waals surface area contributed by atoms with Crippen LogP contribution in [0.25, 0.3) is 0 Å². The summed E-state index contributed by atoms with van der Waals surface area (Å²) in [6, 6.07) is 0. The third-order valence-corrected chi connectivity index (χ3v) is 3.39. The first-order valence-corrected chi connectivity index (χ1v) is 6.02. The second kappa shape index (κ2) is 6.41. The Morgan fingerprint density at radius 1 is 1.36 bits per heavy atom. The largest absolute Gasteiger partial charge is 0.393 e. The van der Waals surface area contributed by atoms with Crippen molar-refractivity contribution in [1.29, 1.82) is 0 Å². The molecule has 0 aliphatic carbocycles. The summed E-state index contributed by atoms with van der Waals surface area (Å²) in [5.74, 6) is 1.31. The summed E-state index contributed by atoms with van der Waals surface area (Å²) in [4.78, 5) is 0. The average Bonchev–Trinajstić information content (AvgIpc) is 2.66. The maximum absolute atomic E-state index is 9.89. The van der Waals surface area contributed by atoms with Gasteiger partial charge in [0.1, 0.15) is 0 Å². The lowest BCUT2D eigenvalue weighted by Crippen LogP contribution is -2.17. The third kappa shape index (κ3) is 3.97. The lowest BCUT2D eigenvalue weighted by molar-refractivity contribution is 0.104. The van der Waals surface area contributed by atoms with Crippen LogP contribution in [0.15, 0.2) is 0 Å². The fraction of sp³-hybridized carbons (Fsp3) is 1.00. The van der Waals surface area contributed by atoms with Crippen molar-refractivity contribution in [3.8, 4) is 0 Å². The fourth-order valence-corrected chi connectivity index (χ4v) is 2.26. The monoisotopic (exact) mass is 200 g/mol. The Morgan fingerprint density at radius 3 is 2.57 bits per heavy atom. The summed E-state index contributed by atoms with van der Waals surface area (Å²) in [6.07, 6.45) is 5.33. The minimum absolute atomic E-state index is 0.105. The van der Waals surface area contributed by atoms with Gasteiger partial charge in [0.05, 0.1) is 6.10 Å². The second-order valence-electron chi connectivity index (χ2n) is 4.54. The lowest BCUT2D eigenvalue weighted by atomic mass is 9.91. The Labute approximate surface area is 87.7 Å². The normalized spacial score (nSPS) is 24.4. The van der Waals surface area contributed by atoms with E-state index in [4.69, 9.17) is 4.74 Å². The molecular formula is C12H24O2. The first-order valence-electron chi connectivity index (χ1n) is 6.02. The standard InChI is InChI=1S/C12H24O2/c1-3-10(4-2)7-12(13)8-11-5-6-14-9-11/h10-13H,3-9H2,1-2H3.